The molecular formula is C21H27N3O4. The van der Waals surface area contributed by atoms with Gasteiger partial charge in [0.25, 0.3) is 0 Å². The summed E-state index contributed by atoms with van der Waals surface area (Å²) in [5.74, 6) is 1.44. The molecule has 0 aromatic heterocycles. The number of ether oxygens (including phenoxy) is 3. The average molecular weight is 385 g/mol. The summed E-state index contributed by atoms with van der Waals surface area (Å²) in [4.78, 5) is 14.6. The second-order valence-corrected chi connectivity index (χ2v) is 6.56. The maximum absolute atomic E-state index is 12.3. The number of methoxy groups -OCH3 is 3. The van der Waals surface area contributed by atoms with Crippen LogP contribution in [0.2, 0.25) is 0 Å². The van der Waals surface area contributed by atoms with Crippen molar-refractivity contribution in [1.82, 2.24) is 0 Å². The first-order valence-electron chi connectivity index (χ1n) is 9.33. The Bertz CT molecular complexity index is 777. The van der Waals surface area contributed by atoms with E-state index >= 15 is 0 Å². The van der Waals surface area contributed by atoms with Gasteiger partial charge in [0.05, 0.1) is 27.9 Å². The van der Waals surface area contributed by atoms with E-state index in [-0.39, 0.29) is 12.5 Å². The van der Waals surface area contributed by atoms with E-state index in [9.17, 15) is 4.79 Å². The molecule has 7 heteroatoms. The molecule has 0 bridgehead atoms. The second-order valence-electron chi connectivity index (χ2n) is 6.56. The van der Waals surface area contributed by atoms with Crippen LogP contribution in [0.25, 0.3) is 0 Å². The molecule has 7 nitrogen and oxygen atoms in total. The van der Waals surface area contributed by atoms with Crippen molar-refractivity contribution in [2.75, 3.05) is 56.5 Å². The van der Waals surface area contributed by atoms with Crippen LogP contribution in [0.4, 0.5) is 17.1 Å². The predicted molar refractivity (Wildman–Crippen MR) is 111 cm³/mol. The smallest absolute Gasteiger partial charge is 0.243 e. The summed E-state index contributed by atoms with van der Waals surface area (Å²) in [6.07, 6.45) is 2.48. The summed E-state index contributed by atoms with van der Waals surface area (Å²) in [6, 6.07) is 11.5. The van der Waals surface area contributed by atoms with Crippen molar-refractivity contribution in [2.24, 2.45) is 0 Å². The molecule has 150 valence electrons. The number of amides is 1. The Morgan fingerprint density at radius 3 is 2.07 bits per heavy atom. The zero-order valence-electron chi connectivity index (χ0n) is 16.6. The lowest BCUT2D eigenvalue weighted by Gasteiger charge is -2.18. The lowest BCUT2D eigenvalue weighted by Crippen LogP contribution is -2.22. The zero-order valence-corrected chi connectivity index (χ0v) is 16.6. The number of rotatable bonds is 8. The van der Waals surface area contributed by atoms with Gasteiger partial charge in [0, 0.05) is 42.3 Å². The van der Waals surface area contributed by atoms with E-state index < -0.39 is 0 Å². The number of carbonyl (C=O) groups excluding carboxylic acids is 1. The van der Waals surface area contributed by atoms with Gasteiger partial charge in [-0.05, 0) is 37.1 Å². The molecule has 1 fully saturated rings. The molecule has 0 saturated carbocycles. The van der Waals surface area contributed by atoms with Crippen molar-refractivity contribution in [3.8, 4) is 17.2 Å². The molecule has 1 amide bonds. The highest BCUT2D eigenvalue weighted by molar-refractivity contribution is 5.94. The number of benzene rings is 2. The standard InChI is InChI=1S/C21H27N3O4/c1-26-18-12-16(13-19(27-2)21(18)28-3)22-14-20(25)23-15-6-8-17(9-7-15)24-10-4-5-11-24/h6-9,12-13,22H,4-5,10-11,14H2,1-3H3,(H,23,25). The van der Waals surface area contributed by atoms with Gasteiger partial charge in [-0.3, -0.25) is 4.79 Å². The highest BCUT2D eigenvalue weighted by Gasteiger charge is 2.14. The molecule has 2 N–H and O–H groups in total. The van der Waals surface area contributed by atoms with Crippen molar-refractivity contribution in [3.63, 3.8) is 0 Å². The van der Waals surface area contributed by atoms with Crippen LogP contribution in [0.15, 0.2) is 36.4 Å². The second kappa shape index (κ2) is 9.21. The van der Waals surface area contributed by atoms with Gasteiger partial charge in [-0.25, -0.2) is 0 Å². The summed E-state index contributed by atoms with van der Waals surface area (Å²) in [6.45, 7) is 2.32. The van der Waals surface area contributed by atoms with Crippen molar-refractivity contribution < 1.29 is 19.0 Å². The summed E-state index contributed by atoms with van der Waals surface area (Å²) < 4.78 is 16.0. The van der Waals surface area contributed by atoms with Crippen LogP contribution in [0.1, 0.15) is 12.8 Å². The van der Waals surface area contributed by atoms with Crippen LogP contribution >= 0.6 is 0 Å². The number of anilines is 3. The molecule has 2 aromatic carbocycles. The van der Waals surface area contributed by atoms with E-state index in [4.69, 9.17) is 14.2 Å². The van der Waals surface area contributed by atoms with Crippen LogP contribution in [-0.2, 0) is 4.79 Å². The van der Waals surface area contributed by atoms with Crippen LogP contribution < -0.4 is 29.7 Å². The summed E-state index contributed by atoms with van der Waals surface area (Å²) in [7, 11) is 4.66. The first-order valence-corrected chi connectivity index (χ1v) is 9.33. The molecule has 3 rings (SSSR count). The Hall–Kier alpha value is -3.09. The third-order valence-electron chi connectivity index (χ3n) is 4.74. The molecule has 2 aromatic rings. The highest BCUT2D eigenvalue weighted by Crippen LogP contribution is 2.39. The van der Waals surface area contributed by atoms with Gasteiger partial charge in [-0.1, -0.05) is 0 Å². The Balaban J connectivity index is 1.58. The van der Waals surface area contributed by atoms with E-state index in [0.29, 0.717) is 22.9 Å². The first-order chi connectivity index (χ1) is 13.6. The molecule has 1 heterocycles. The van der Waals surface area contributed by atoms with Crippen molar-refractivity contribution >= 4 is 23.0 Å². The SMILES string of the molecule is COc1cc(NCC(=O)Nc2ccc(N3CCCC3)cc2)cc(OC)c1OC. The van der Waals surface area contributed by atoms with Crippen molar-refractivity contribution in [3.05, 3.63) is 36.4 Å². The Morgan fingerprint density at radius 1 is 0.929 bits per heavy atom. The van der Waals surface area contributed by atoms with Crippen LogP contribution in [0, 0.1) is 0 Å². The molecule has 0 atom stereocenters. The molecule has 0 unspecified atom stereocenters. The maximum atomic E-state index is 12.3. The zero-order chi connectivity index (χ0) is 19.9. The third kappa shape index (κ3) is 4.60. The molecule has 1 saturated heterocycles. The fourth-order valence-electron chi connectivity index (χ4n) is 3.30. The Morgan fingerprint density at radius 2 is 1.54 bits per heavy atom. The lowest BCUT2D eigenvalue weighted by atomic mass is 10.2. The van der Waals surface area contributed by atoms with Crippen LogP contribution in [-0.4, -0.2) is 46.9 Å². The number of hydrogen-bond donors (Lipinski definition) is 2. The van der Waals surface area contributed by atoms with Crippen LogP contribution in [0.3, 0.4) is 0 Å². The monoisotopic (exact) mass is 385 g/mol. The number of nitrogens with zero attached hydrogens (tertiary/aromatic N) is 1. The fourth-order valence-corrected chi connectivity index (χ4v) is 3.30. The molecule has 1 aliphatic rings. The normalized spacial score (nSPS) is 13.2. The number of nitrogens with one attached hydrogen (secondary N) is 2. The van der Waals surface area contributed by atoms with Gasteiger partial charge in [-0.15, -0.1) is 0 Å². The van der Waals surface area contributed by atoms with E-state index in [1.165, 1.54) is 18.5 Å². The fraction of sp³-hybridized carbons (Fsp3) is 0.381. The minimum atomic E-state index is -0.136. The van der Waals surface area contributed by atoms with Gasteiger partial charge < -0.3 is 29.7 Å². The topological polar surface area (TPSA) is 72.1 Å². The maximum Gasteiger partial charge on any atom is 0.243 e. The van der Waals surface area contributed by atoms with Gasteiger partial charge in [-0.2, -0.15) is 0 Å². The molecule has 1 aliphatic heterocycles. The third-order valence-corrected chi connectivity index (χ3v) is 4.74. The minimum absolute atomic E-state index is 0.118. The number of hydrogen-bond acceptors (Lipinski definition) is 6. The summed E-state index contributed by atoms with van der Waals surface area (Å²) in [5.41, 5.74) is 2.68. The van der Waals surface area contributed by atoms with E-state index in [0.717, 1.165) is 18.8 Å². The average Bonchev–Trinajstić information content (AvgIpc) is 3.26. The van der Waals surface area contributed by atoms with Crippen LogP contribution in [0.5, 0.6) is 17.2 Å². The molecule has 0 spiro atoms. The largest absolute Gasteiger partial charge is 0.493 e. The number of carbonyl (C=O) groups is 1. The van der Waals surface area contributed by atoms with Gasteiger partial charge >= 0.3 is 0 Å². The van der Waals surface area contributed by atoms with Gasteiger partial charge in [0.2, 0.25) is 11.7 Å². The minimum Gasteiger partial charge on any atom is -0.493 e. The highest BCUT2D eigenvalue weighted by atomic mass is 16.5. The van der Waals surface area contributed by atoms with Crippen molar-refractivity contribution in [2.45, 2.75) is 12.8 Å². The van der Waals surface area contributed by atoms with Gasteiger partial charge in [0.1, 0.15) is 0 Å². The summed E-state index contributed by atoms with van der Waals surface area (Å²) in [5, 5.41) is 5.99. The molecule has 0 aliphatic carbocycles. The Labute approximate surface area is 165 Å². The first kappa shape index (κ1) is 19.7. The quantitative estimate of drug-likeness (QED) is 0.726. The Kier molecular flexibility index (Phi) is 6.47. The summed E-state index contributed by atoms with van der Waals surface area (Å²) >= 11 is 0. The molecular weight excluding hydrogens is 358 g/mol. The molecule has 28 heavy (non-hydrogen) atoms. The predicted octanol–water partition coefficient (Wildman–Crippen LogP) is 3.36. The lowest BCUT2D eigenvalue weighted by molar-refractivity contribution is -0.114. The van der Waals surface area contributed by atoms with Gasteiger partial charge in [0.15, 0.2) is 11.5 Å². The van der Waals surface area contributed by atoms with E-state index in [1.807, 2.05) is 24.3 Å². The van der Waals surface area contributed by atoms with E-state index in [2.05, 4.69) is 15.5 Å². The van der Waals surface area contributed by atoms with E-state index in [1.54, 1.807) is 33.5 Å². The van der Waals surface area contributed by atoms with Crippen molar-refractivity contribution in [1.29, 1.82) is 0 Å². The molecule has 0 radical (unpaired) electrons.